The molecule has 0 aliphatic heterocycles. The molecule has 0 spiro atoms. The van der Waals surface area contributed by atoms with Crippen molar-refractivity contribution < 1.29 is 9.13 Å². The largest absolute Gasteiger partial charge is 0.398 e. The molecule has 1 saturated carbocycles. The first-order valence-corrected chi connectivity index (χ1v) is 6.86. The van der Waals surface area contributed by atoms with Crippen LogP contribution in [0.2, 0.25) is 0 Å². The van der Waals surface area contributed by atoms with Crippen LogP contribution in [0, 0.1) is 11.7 Å². The minimum Gasteiger partial charge on any atom is -0.398 e. The van der Waals surface area contributed by atoms with Gasteiger partial charge in [0.1, 0.15) is 5.82 Å². The maximum atomic E-state index is 13.6. The standard InChI is InChI=1S/C15H22FNO/c1-2-11-6-3-4-9-15(11)18-10-12-13(16)7-5-8-14(12)17/h5,7-8,11,15H,2-4,6,9-10,17H2,1H3. The summed E-state index contributed by atoms with van der Waals surface area (Å²) in [4.78, 5) is 0. The second-order valence-electron chi connectivity index (χ2n) is 5.11. The average Bonchev–Trinajstić information content (AvgIpc) is 2.38. The predicted octanol–water partition coefficient (Wildman–Crippen LogP) is 3.89. The number of hydrogen-bond donors (Lipinski definition) is 1. The van der Waals surface area contributed by atoms with Gasteiger partial charge in [0.2, 0.25) is 0 Å². The molecule has 0 saturated heterocycles. The number of anilines is 1. The van der Waals surface area contributed by atoms with Gasteiger partial charge in [-0.25, -0.2) is 4.39 Å². The molecule has 100 valence electrons. The van der Waals surface area contributed by atoms with Gasteiger partial charge >= 0.3 is 0 Å². The molecule has 2 atom stereocenters. The van der Waals surface area contributed by atoms with E-state index in [0.29, 0.717) is 23.8 Å². The van der Waals surface area contributed by atoms with E-state index in [4.69, 9.17) is 10.5 Å². The molecule has 1 aliphatic rings. The van der Waals surface area contributed by atoms with E-state index in [1.165, 1.54) is 25.3 Å². The summed E-state index contributed by atoms with van der Waals surface area (Å²) in [7, 11) is 0. The van der Waals surface area contributed by atoms with Gasteiger partial charge < -0.3 is 10.5 Å². The summed E-state index contributed by atoms with van der Waals surface area (Å²) in [6, 6.07) is 4.79. The lowest BCUT2D eigenvalue weighted by atomic mass is 9.85. The second-order valence-corrected chi connectivity index (χ2v) is 5.11. The Kier molecular flexibility index (Phi) is 4.59. The number of benzene rings is 1. The lowest BCUT2D eigenvalue weighted by Gasteiger charge is -2.31. The third-order valence-electron chi connectivity index (χ3n) is 3.96. The Morgan fingerprint density at radius 3 is 2.83 bits per heavy atom. The van der Waals surface area contributed by atoms with Crippen LogP contribution < -0.4 is 5.73 Å². The van der Waals surface area contributed by atoms with E-state index < -0.39 is 0 Å². The summed E-state index contributed by atoms with van der Waals surface area (Å²) < 4.78 is 19.5. The topological polar surface area (TPSA) is 35.2 Å². The molecule has 0 bridgehead atoms. The van der Waals surface area contributed by atoms with Crippen LogP contribution in [-0.2, 0) is 11.3 Å². The number of halogens is 1. The van der Waals surface area contributed by atoms with Crippen molar-refractivity contribution in [2.45, 2.75) is 51.7 Å². The van der Waals surface area contributed by atoms with Crippen molar-refractivity contribution in [1.82, 2.24) is 0 Å². The van der Waals surface area contributed by atoms with Crippen LogP contribution in [0.1, 0.15) is 44.6 Å². The van der Waals surface area contributed by atoms with E-state index in [2.05, 4.69) is 6.92 Å². The van der Waals surface area contributed by atoms with E-state index in [1.54, 1.807) is 12.1 Å². The van der Waals surface area contributed by atoms with Crippen LogP contribution in [-0.4, -0.2) is 6.10 Å². The van der Waals surface area contributed by atoms with E-state index in [-0.39, 0.29) is 11.9 Å². The van der Waals surface area contributed by atoms with E-state index in [9.17, 15) is 4.39 Å². The Morgan fingerprint density at radius 2 is 2.11 bits per heavy atom. The number of rotatable bonds is 4. The summed E-state index contributed by atoms with van der Waals surface area (Å²) >= 11 is 0. The third kappa shape index (κ3) is 3.02. The lowest BCUT2D eigenvalue weighted by molar-refractivity contribution is -0.0229. The van der Waals surface area contributed by atoms with Gasteiger partial charge in [0.25, 0.3) is 0 Å². The van der Waals surface area contributed by atoms with Crippen molar-refractivity contribution in [3.63, 3.8) is 0 Å². The Morgan fingerprint density at radius 1 is 1.33 bits per heavy atom. The monoisotopic (exact) mass is 251 g/mol. The van der Waals surface area contributed by atoms with Gasteiger partial charge in [0, 0.05) is 11.3 Å². The van der Waals surface area contributed by atoms with Crippen molar-refractivity contribution in [2.24, 2.45) is 5.92 Å². The first-order valence-electron chi connectivity index (χ1n) is 6.86. The van der Waals surface area contributed by atoms with Crippen LogP contribution in [0.3, 0.4) is 0 Å². The van der Waals surface area contributed by atoms with Crippen molar-refractivity contribution in [3.8, 4) is 0 Å². The van der Waals surface area contributed by atoms with Crippen molar-refractivity contribution in [3.05, 3.63) is 29.6 Å². The first-order chi connectivity index (χ1) is 8.72. The molecule has 0 aromatic heterocycles. The van der Waals surface area contributed by atoms with Crippen molar-refractivity contribution in [1.29, 1.82) is 0 Å². The van der Waals surface area contributed by atoms with Gasteiger partial charge in [-0.05, 0) is 30.9 Å². The molecule has 1 aliphatic carbocycles. The quantitative estimate of drug-likeness (QED) is 0.824. The van der Waals surface area contributed by atoms with Gasteiger partial charge in [-0.2, -0.15) is 0 Å². The molecule has 2 rings (SSSR count). The zero-order valence-electron chi connectivity index (χ0n) is 11.0. The fraction of sp³-hybridized carbons (Fsp3) is 0.600. The maximum absolute atomic E-state index is 13.6. The smallest absolute Gasteiger partial charge is 0.130 e. The van der Waals surface area contributed by atoms with Crippen LogP contribution >= 0.6 is 0 Å². The minimum absolute atomic E-state index is 0.265. The number of nitrogen functional groups attached to an aromatic ring is 1. The van der Waals surface area contributed by atoms with Crippen molar-refractivity contribution >= 4 is 5.69 Å². The highest BCUT2D eigenvalue weighted by molar-refractivity contribution is 5.46. The molecular formula is C15H22FNO. The normalized spacial score (nSPS) is 24.1. The molecule has 2 nitrogen and oxygen atoms in total. The molecule has 3 heteroatoms. The molecule has 0 radical (unpaired) electrons. The molecule has 1 aromatic rings. The highest BCUT2D eigenvalue weighted by atomic mass is 19.1. The summed E-state index contributed by atoms with van der Waals surface area (Å²) in [6.07, 6.45) is 6.23. The molecule has 1 aromatic carbocycles. The fourth-order valence-electron chi connectivity index (χ4n) is 2.78. The van der Waals surface area contributed by atoms with Crippen LogP contribution in [0.25, 0.3) is 0 Å². The van der Waals surface area contributed by atoms with Crippen LogP contribution in [0.5, 0.6) is 0 Å². The number of hydrogen-bond acceptors (Lipinski definition) is 2. The van der Waals surface area contributed by atoms with Crippen molar-refractivity contribution in [2.75, 3.05) is 5.73 Å². The summed E-state index contributed by atoms with van der Waals surface area (Å²) in [5, 5.41) is 0. The molecular weight excluding hydrogens is 229 g/mol. The molecule has 2 unspecified atom stereocenters. The van der Waals surface area contributed by atoms with E-state index in [0.717, 1.165) is 12.8 Å². The average molecular weight is 251 g/mol. The maximum Gasteiger partial charge on any atom is 0.130 e. The zero-order chi connectivity index (χ0) is 13.0. The van der Waals surface area contributed by atoms with Crippen LogP contribution in [0.15, 0.2) is 18.2 Å². The lowest BCUT2D eigenvalue weighted by Crippen LogP contribution is -2.27. The number of ether oxygens (including phenoxy) is 1. The predicted molar refractivity (Wildman–Crippen MR) is 71.6 cm³/mol. The minimum atomic E-state index is -0.265. The molecule has 0 amide bonds. The fourth-order valence-corrected chi connectivity index (χ4v) is 2.78. The molecule has 1 fully saturated rings. The van der Waals surface area contributed by atoms with E-state index >= 15 is 0 Å². The molecule has 18 heavy (non-hydrogen) atoms. The third-order valence-corrected chi connectivity index (χ3v) is 3.96. The Hall–Kier alpha value is -1.09. The summed E-state index contributed by atoms with van der Waals surface area (Å²) in [5.74, 6) is 0.352. The first kappa shape index (κ1) is 13.3. The molecule has 0 heterocycles. The second kappa shape index (κ2) is 6.19. The van der Waals surface area contributed by atoms with E-state index in [1.807, 2.05) is 0 Å². The summed E-state index contributed by atoms with van der Waals surface area (Å²) in [5.41, 5.74) is 6.77. The van der Waals surface area contributed by atoms with Gasteiger partial charge in [0.15, 0.2) is 0 Å². The highest BCUT2D eigenvalue weighted by Crippen LogP contribution is 2.30. The van der Waals surface area contributed by atoms with Crippen LogP contribution in [0.4, 0.5) is 10.1 Å². The Bertz CT molecular complexity index is 374. The summed E-state index contributed by atoms with van der Waals surface area (Å²) in [6.45, 7) is 2.49. The zero-order valence-corrected chi connectivity index (χ0v) is 11.0. The highest BCUT2D eigenvalue weighted by Gasteiger charge is 2.24. The van der Waals surface area contributed by atoms with Gasteiger partial charge in [-0.15, -0.1) is 0 Å². The Balaban J connectivity index is 1.98. The Labute approximate surface area is 108 Å². The SMILES string of the molecule is CCC1CCCCC1OCc1c(N)cccc1F. The number of nitrogens with two attached hydrogens (primary N) is 1. The molecule has 2 N–H and O–H groups in total. The van der Waals surface area contributed by atoms with Gasteiger partial charge in [0.05, 0.1) is 12.7 Å². The van der Waals surface area contributed by atoms with Gasteiger partial charge in [-0.3, -0.25) is 0 Å². The van der Waals surface area contributed by atoms with Gasteiger partial charge in [-0.1, -0.05) is 32.3 Å².